The van der Waals surface area contributed by atoms with Crippen LogP contribution in [0.1, 0.15) is 34.0 Å². The quantitative estimate of drug-likeness (QED) is 0.763. The molecule has 2 amide bonds. The number of rotatable bonds is 5. The molecule has 23 heavy (non-hydrogen) atoms. The smallest absolute Gasteiger partial charge is 0.340 e. The van der Waals surface area contributed by atoms with Crippen molar-refractivity contribution in [2.24, 2.45) is 5.92 Å². The first-order valence-corrected chi connectivity index (χ1v) is 8.87. The van der Waals surface area contributed by atoms with E-state index in [1.165, 1.54) is 29.8 Å². The summed E-state index contributed by atoms with van der Waals surface area (Å²) in [6.07, 6.45) is 0.849. The predicted molar refractivity (Wildman–Crippen MR) is 95.9 cm³/mol. The molecule has 0 radical (unpaired) electrons. The van der Waals surface area contributed by atoms with Gasteiger partial charge in [0.15, 0.2) is 0 Å². The van der Waals surface area contributed by atoms with Crippen molar-refractivity contribution in [1.82, 2.24) is 0 Å². The number of amides is 2. The summed E-state index contributed by atoms with van der Waals surface area (Å²) in [5, 5.41) is 6.79. The Morgan fingerprint density at radius 1 is 1.22 bits per heavy atom. The molecule has 0 unspecified atom stereocenters. The first-order valence-electron chi connectivity index (χ1n) is 7.24. The number of esters is 1. The number of aryl methyl sites for hydroxylation is 1. The van der Waals surface area contributed by atoms with Crippen LogP contribution in [0, 0.1) is 12.8 Å². The summed E-state index contributed by atoms with van der Waals surface area (Å²) in [6, 6.07) is 5.21. The van der Waals surface area contributed by atoms with Gasteiger partial charge in [-0.1, -0.05) is 13.8 Å². The number of methoxy groups -OCH3 is 1. The second-order valence-electron chi connectivity index (χ2n) is 5.53. The van der Waals surface area contributed by atoms with Crippen molar-refractivity contribution >= 4 is 44.7 Å². The Hall–Kier alpha value is -1.86. The summed E-state index contributed by atoms with van der Waals surface area (Å²) in [6.45, 7) is 6.19. The molecular weight excluding hydrogens is 332 g/mol. The first kappa shape index (κ1) is 17.5. The van der Waals surface area contributed by atoms with Gasteiger partial charge in [0.2, 0.25) is 0 Å². The molecule has 2 heterocycles. The van der Waals surface area contributed by atoms with E-state index >= 15 is 0 Å². The van der Waals surface area contributed by atoms with Gasteiger partial charge in [0.25, 0.3) is 0 Å². The highest BCUT2D eigenvalue weighted by Gasteiger charge is 2.19. The molecule has 0 aliphatic heterocycles. The van der Waals surface area contributed by atoms with Gasteiger partial charge >= 0.3 is 12.0 Å². The van der Waals surface area contributed by atoms with E-state index in [-0.39, 0.29) is 6.03 Å². The van der Waals surface area contributed by atoms with Crippen LogP contribution in [0.2, 0.25) is 0 Å². The SMILES string of the molecule is COC(=O)c1cc(CC(C)C)sc1NC(=O)Nc1ccc(C)s1. The van der Waals surface area contributed by atoms with Gasteiger partial charge in [-0.2, -0.15) is 0 Å². The number of hydrogen-bond acceptors (Lipinski definition) is 5. The zero-order valence-corrected chi connectivity index (χ0v) is 15.2. The van der Waals surface area contributed by atoms with E-state index in [9.17, 15) is 9.59 Å². The molecule has 7 heteroatoms. The van der Waals surface area contributed by atoms with Gasteiger partial charge in [0.1, 0.15) is 5.00 Å². The van der Waals surface area contributed by atoms with Crippen molar-refractivity contribution in [3.8, 4) is 0 Å². The topological polar surface area (TPSA) is 67.4 Å². The first-order chi connectivity index (χ1) is 10.9. The van der Waals surface area contributed by atoms with Crippen molar-refractivity contribution < 1.29 is 14.3 Å². The van der Waals surface area contributed by atoms with Gasteiger partial charge in [0, 0.05) is 9.75 Å². The molecular formula is C16H20N2O3S2. The van der Waals surface area contributed by atoms with Crippen molar-refractivity contribution in [1.29, 1.82) is 0 Å². The zero-order chi connectivity index (χ0) is 17.0. The van der Waals surface area contributed by atoms with Crippen LogP contribution in [0.4, 0.5) is 14.8 Å². The normalized spacial score (nSPS) is 10.7. The van der Waals surface area contributed by atoms with Crippen LogP contribution >= 0.6 is 22.7 Å². The Kier molecular flexibility index (Phi) is 5.79. The molecule has 0 aliphatic rings. The Morgan fingerprint density at radius 2 is 1.96 bits per heavy atom. The summed E-state index contributed by atoms with van der Waals surface area (Å²) >= 11 is 2.90. The Labute approximate surface area is 143 Å². The molecule has 0 aliphatic carbocycles. The average molecular weight is 352 g/mol. The summed E-state index contributed by atoms with van der Waals surface area (Å²) in [7, 11) is 1.33. The lowest BCUT2D eigenvalue weighted by Gasteiger charge is -2.05. The molecule has 2 rings (SSSR count). The summed E-state index contributed by atoms with van der Waals surface area (Å²) < 4.78 is 4.80. The molecule has 2 aromatic heterocycles. The van der Waals surface area contributed by atoms with Gasteiger partial charge in [-0.05, 0) is 37.5 Å². The van der Waals surface area contributed by atoms with Crippen LogP contribution < -0.4 is 10.6 Å². The van der Waals surface area contributed by atoms with Gasteiger partial charge in [-0.3, -0.25) is 10.6 Å². The fourth-order valence-corrected chi connectivity index (χ4v) is 4.06. The van der Waals surface area contributed by atoms with Gasteiger partial charge in [-0.25, -0.2) is 9.59 Å². The maximum absolute atomic E-state index is 12.1. The number of ether oxygens (including phenoxy) is 1. The monoisotopic (exact) mass is 352 g/mol. The van der Waals surface area contributed by atoms with Gasteiger partial charge in [0.05, 0.1) is 17.7 Å². The van der Waals surface area contributed by atoms with E-state index < -0.39 is 5.97 Å². The number of anilines is 2. The van der Waals surface area contributed by atoms with E-state index in [1.54, 1.807) is 6.07 Å². The van der Waals surface area contributed by atoms with Gasteiger partial charge in [-0.15, -0.1) is 22.7 Å². The van der Waals surface area contributed by atoms with Crippen molar-refractivity contribution in [2.75, 3.05) is 17.7 Å². The van der Waals surface area contributed by atoms with Gasteiger partial charge < -0.3 is 4.74 Å². The number of urea groups is 1. The standard InChI is InChI=1S/C16H20N2O3S2/c1-9(2)7-11-8-12(15(19)21-4)14(23-11)18-16(20)17-13-6-5-10(3)22-13/h5-6,8-9H,7H2,1-4H3,(H2,17,18,20). The molecule has 0 saturated heterocycles. The molecule has 0 spiro atoms. The summed E-state index contributed by atoms with van der Waals surface area (Å²) in [4.78, 5) is 26.2. The zero-order valence-electron chi connectivity index (χ0n) is 13.6. The lowest BCUT2D eigenvalue weighted by Crippen LogP contribution is -2.19. The van der Waals surface area contributed by atoms with E-state index in [1.807, 2.05) is 19.1 Å². The minimum absolute atomic E-state index is 0.366. The molecule has 124 valence electrons. The van der Waals surface area contributed by atoms with Crippen LogP contribution in [-0.4, -0.2) is 19.1 Å². The van der Waals surface area contributed by atoms with Crippen molar-refractivity contribution in [3.63, 3.8) is 0 Å². The lowest BCUT2D eigenvalue weighted by atomic mass is 10.1. The number of carbonyl (C=O) groups excluding carboxylic acids is 2. The summed E-state index contributed by atoms with van der Waals surface area (Å²) in [5.41, 5.74) is 0.394. The fraction of sp³-hybridized carbons (Fsp3) is 0.375. The van der Waals surface area contributed by atoms with E-state index in [2.05, 4.69) is 24.5 Å². The predicted octanol–water partition coefficient (Wildman–Crippen LogP) is 4.75. The molecule has 5 nitrogen and oxygen atoms in total. The maximum atomic E-state index is 12.1. The molecule has 2 N–H and O–H groups in total. The Bertz CT molecular complexity index is 704. The highest BCUT2D eigenvalue weighted by molar-refractivity contribution is 7.17. The third-order valence-electron chi connectivity index (χ3n) is 3.00. The third-order valence-corrected chi connectivity index (χ3v) is 4.99. The number of hydrogen-bond donors (Lipinski definition) is 2. The molecule has 2 aromatic rings. The fourth-order valence-electron chi connectivity index (χ4n) is 2.05. The molecule has 0 bridgehead atoms. The maximum Gasteiger partial charge on any atom is 0.340 e. The van der Waals surface area contributed by atoms with Crippen LogP contribution in [0.15, 0.2) is 18.2 Å². The largest absolute Gasteiger partial charge is 0.465 e. The molecule has 0 fully saturated rings. The minimum atomic E-state index is -0.446. The Balaban J connectivity index is 2.14. The highest BCUT2D eigenvalue weighted by atomic mass is 32.1. The molecule has 0 atom stereocenters. The van der Waals surface area contributed by atoms with Crippen LogP contribution in [-0.2, 0) is 11.2 Å². The van der Waals surface area contributed by atoms with E-state index in [0.717, 1.165) is 21.2 Å². The second kappa shape index (κ2) is 7.61. The van der Waals surface area contributed by atoms with Crippen molar-refractivity contribution in [2.45, 2.75) is 27.2 Å². The van der Waals surface area contributed by atoms with Crippen LogP contribution in [0.5, 0.6) is 0 Å². The highest BCUT2D eigenvalue weighted by Crippen LogP contribution is 2.31. The van der Waals surface area contributed by atoms with Crippen LogP contribution in [0.25, 0.3) is 0 Å². The minimum Gasteiger partial charge on any atom is -0.465 e. The molecule has 0 saturated carbocycles. The molecule has 0 aromatic carbocycles. The average Bonchev–Trinajstić information content (AvgIpc) is 3.04. The van der Waals surface area contributed by atoms with E-state index in [4.69, 9.17) is 4.74 Å². The number of thiophene rings is 2. The van der Waals surface area contributed by atoms with Crippen LogP contribution in [0.3, 0.4) is 0 Å². The van der Waals surface area contributed by atoms with E-state index in [0.29, 0.717) is 16.5 Å². The third kappa shape index (κ3) is 4.80. The number of carbonyl (C=O) groups is 2. The Morgan fingerprint density at radius 3 is 2.52 bits per heavy atom. The van der Waals surface area contributed by atoms with Crippen molar-refractivity contribution in [3.05, 3.63) is 33.5 Å². The summed E-state index contributed by atoms with van der Waals surface area (Å²) in [5.74, 6) is 0.0217. The lowest BCUT2D eigenvalue weighted by molar-refractivity contribution is 0.0602. The number of nitrogens with one attached hydrogen (secondary N) is 2. The second-order valence-corrected chi connectivity index (χ2v) is 7.96.